The van der Waals surface area contributed by atoms with Crippen molar-refractivity contribution in [3.05, 3.63) is 33.8 Å². The summed E-state index contributed by atoms with van der Waals surface area (Å²) in [6.07, 6.45) is 2.30. The molecular formula is C11H11BrN2. The monoisotopic (exact) mass is 250 g/mol. The molecule has 1 aromatic carbocycles. The second-order valence-corrected chi connectivity index (χ2v) is 4.68. The highest BCUT2D eigenvalue weighted by atomic mass is 79.9. The van der Waals surface area contributed by atoms with Gasteiger partial charge in [0, 0.05) is 10.9 Å². The van der Waals surface area contributed by atoms with Crippen LogP contribution in [0, 0.1) is 11.3 Å². The molecule has 0 saturated carbocycles. The Hall–Kier alpha value is -0.850. The fraction of sp³-hybridized carbons (Fsp3) is 0.364. The highest BCUT2D eigenvalue weighted by molar-refractivity contribution is 9.10. The van der Waals surface area contributed by atoms with Crippen molar-refractivity contribution in [2.75, 3.05) is 0 Å². The molecule has 2 nitrogen and oxygen atoms in total. The zero-order chi connectivity index (χ0) is 10.2. The van der Waals surface area contributed by atoms with Crippen molar-refractivity contribution < 1.29 is 0 Å². The number of nitrogens with two attached hydrogens (primary N) is 1. The van der Waals surface area contributed by atoms with Crippen LogP contribution < -0.4 is 5.73 Å². The van der Waals surface area contributed by atoms with Crippen molar-refractivity contribution in [1.82, 2.24) is 0 Å². The van der Waals surface area contributed by atoms with Crippen LogP contribution in [-0.2, 0) is 12.8 Å². The molecule has 0 bridgehead atoms. The molecule has 14 heavy (non-hydrogen) atoms. The second kappa shape index (κ2) is 3.38. The predicted molar refractivity (Wildman–Crippen MR) is 58.7 cm³/mol. The minimum absolute atomic E-state index is 0.659. The third-order valence-corrected chi connectivity index (χ3v) is 3.51. The molecule has 72 valence electrons. The minimum Gasteiger partial charge on any atom is -0.313 e. The predicted octanol–water partition coefficient (Wildman–Crippen LogP) is 2.16. The van der Waals surface area contributed by atoms with Gasteiger partial charge in [-0.15, -0.1) is 0 Å². The van der Waals surface area contributed by atoms with Gasteiger partial charge in [0.2, 0.25) is 0 Å². The molecular weight excluding hydrogens is 240 g/mol. The maximum absolute atomic E-state index is 8.96. The summed E-state index contributed by atoms with van der Waals surface area (Å²) in [7, 11) is 0. The summed E-state index contributed by atoms with van der Waals surface area (Å²) >= 11 is 3.52. The maximum Gasteiger partial charge on any atom is 0.108 e. The fourth-order valence-corrected chi connectivity index (χ4v) is 2.53. The van der Waals surface area contributed by atoms with E-state index in [0.717, 1.165) is 17.3 Å². The second-order valence-electron chi connectivity index (χ2n) is 3.82. The summed E-state index contributed by atoms with van der Waals surface area (Å²) in [5.74, 6) is 0. The fourth-order valence-electron chi connectivity index (χ4n) is 1.92. The van der Waals surface area contributed by atoms with Gasteiger partial charge in [-0.1, -0.05) is 28.1 Å². The molecule has 1 aliphatic carbocycles. The number of hydrogen-bond acceptors (Lipinski definition) is 2. The Bertz CT molecular complexity index is 408. The molecule has 2 rings (SSSR count). The lowest BCUT2D eigenvalue weighted by Gasteiger charge is -2.28. The Morgan fingerprint density at radius 1 is 1.50 bits per heavy atom. The standard InChI is InChI=1S/C11H11BrN2/c12-10-3-1-2-8-6-11(14,7-13)5-4-9(8)10/h1-3H,4-6,14H2. The van der Waals surface area contributed by atoms with Gasteiger partial charge in [-0.05, 0) is 30.0 Å². The Morgan fingerprint density at radius 2 is 2.29 bits per heavy atom. The zero-order valence-electron chi connectivity index (χ0n) is 7.76. The summed E-state index contributed by atoms with van der Waals surface area (Å²) in [5.41, 5.74) is 7.80. The number of hydrogen-bond donors (Lipinski definition) is 1. The average Bonchev–Trinajstić information content (AvgIpc) is 2.18. The van der Waals surface area contributed by atoms with Crippen LogP contribution in [-0.4, -0.2) is 5.54 Å². The molecule has 0 fully saturated rings. The average molecular weight is 251 g/mol. The van der Waals surface area contributed by atoms with Gasteiger partial charge in [0.15, 0.2) is 0 Å². The maximum atomic E-state index is 8.96. The number of nitrogens with zero attached hydrogens (tertiary/aromatic N) is 1. The summed E-state index contributed by atoms with van der Waals surface area (Å²) in [5, 5.41) is 8.96. The highest BCUT2D eigenvalue weighted by Crippen LogP contribution is 2.31. The van der Waals surface area contributed by atoms with Gasteiger partial charge in [0.05, 0.1) is 6.07 Å². The van der Waals surface area contributed by atoms with Gasteiger partial charge in [-0.3, -0.25) is 0 Å². The lowest BCUT2D eigenvalue weighted by molar-refractivity contribution is 0.469. The summed E-state index contributed by atoms with van der Waals surface area (Å²) in [6, 6.07) is 8.29. The number of halogens is 1. The normalized spacial score (nSPS) is 25.2. The van der Waals surface area contributed by atoms with Crippen LogP contribution in [0.25, 0.3) is 0 Å². The van der Waals surface area contributed by atoms with E-state index in [4.69, 9.17) is 11.0 Å². The molecule has 0 amide bonds. The molecule has 0 aliphatic heterocycles. The van der Waals surface area contributed by atoms with Gasteiger partial charge in [-0.2, -0.15) is 5.26 Å². The molecule has 2 N–H and O–H groups in total. The first-order chi connectivity index (χ1) is 6.64. The van der Waals surface area contributed by atoms with Gasteiger partial charge < -0.3 is 5.73 Å². The van der Waals surface area contributed by atoms with Crippen LogP contribution >= 0.6 is 15.9 Å². The third kappa shape index (κ3) is 1.56. The minimum atomic E-state index is -0.659. The number of rotatable bonds is 0. The first-order valence-corrected chi connectivity index (χ1v) is 5.40. The zero-order valence-corrected chi connectivity index (χ0v) is 9.34. The topological polar surface area (TPSA) is 49.8 Å². The van der Waals surface area contributed by atoms with Crippen LogP contribution in [0.1, 0.15) is 17.5 Å². The van der Waals surface area contributed by atoms with E-state index in [1.807, 2.05) is 12.1 Å². The Labute approximate surface area is 91.9 Å². The van der Waals surface area contributed by atoms with Gasteiger partial charge in [0.25, 0.3) is 0 Å². The van der Waals surface area contributed by atoms with Crippen LogP contribution in [0.4, 0.5) is 0 Å². The van der Waals surface area contributed by atoms with Crippen LogP contribution in [0.5, 0.6) is 0 Å². The summed E-state index contributed by atoms with van der Waals surface area (Å²) in [4.78, 5) is 0. The summed E-state index contributed by atoms with van der Waals surface area (Å²) in [6.45, 7) is 0. The van der Waals surface area contributed by atoms with E-state index >= 15 is 0 Å². The van der Waals surface area contributed by atoms with Crippen molar-refractivity contribution in [3.8, 4) is 6.07 Å². The van der Waals surface area contributed by atoms with Crippen molar-refractivity contribution in [2.45, 2.75) is 24.8 Å². The molecule has 1 aromatic rings. The Kier molecular flexibility index (Phi) is 2.34. The van der Waals surface area contributed by atoms with E-state index in [-0.39, 0.29) is 0 Å². The Balaban J connectivity index is 2.42. The van der Waals surface area contributed by atoms with Gasteiger partial charge >= 0.3 is 0 Å². The molecule has 3 heteroatoms. The van der Waals surface area contributed by atoms with Crippen molar-refractivity contribution >= 4 is 15.9 Å². The molecule has 0 heterocycles. The molecule has 1 aliphatic rings. The van der Waals surface area contributed by atoms with Crippen molar-refractivity contribution in [2.24, 2.45) is 5.73 Å². The van der Waals surface area contributed by atoms with Gasteiger partial charge in [-0.25, -0.2) is 0 Å². The largest absolute Gasteiger partial charge is 0.313 e. The molecule has 0 spiro atoms. The van der Waals surface area contributed by atoms with Crippen molar-refractivity contribution in [3.63, 3.8) is 0 Å². The number of fused-ring (bicyclic) bond motifs is 1. The number of benzene rings is 1. The molecule has 1 unspecified atom stereocenters. The molecule has 0 saturated heterocycles. The van der Waals surface area contributed by atoms with E-state index in [1.165, 1.54) is 11.1 Å². The third-order valence-electron chi connectivity index (χ3n) is 2.77. The van der Waals surface area contributed by atoms with E-state index in [9.17, 15) is 0 Å². The Morgan fingerprint density at radius 3 is 3.00 bits per heavy atom. The van der Waals surface area contributed by atoms with E-state index in [2.05, 4.69) is 28.1 Å². The molecule has 0 aromatic heterocycles. The first-order valence-electron chi connectivity index (χ1n) is 4.61. The summed E-state index contributed by atoms with van der Waals surface area (Å²) < 4.78 is 1.13. The van der Waals surface area contributed by atoms with Crippen LogP contribution in [0.15, 0.2) is 22.7 Å². The first kappa shape index (κ1) is 9.70. The van der Waals surface area contributed by atoms with Crippen LogP contribution in [0.3, 0.4) is 0 Å². The van der Waals surface area contributed by atoms with Gasteiger partial charge in [0.1, 0.15) is 5.54 Å². The van der Waals surface area contributed by atoms with Crippen molar-refractivity contribution in [1.29, 1.82) is 5.26 Å². The molecule has 1 atom stereocenters. The molecule has 0 radical (unpaired) electrons. The highest BCUT2D eigenvalue weighted by Gasteiger charge is 2.30. The lowest BCUT2D eigenvalue weighted by Crippen LogP contribution is -2.43. The SMILES string of the molecule is N#CC1(N)CCc2c(Br)cccc2C1. The number of nitriles is 1. The quantitative estimate of drug-likeness (QED) is 0.768. The van der Waals surface area contributed by atoms with E-state index < -0.39 is 5.54 Å². The van der Waals surface area contributed by atoms with E-state index in [0.29, 0.717) is 6.42 Å². The van der Waals surface area contributed by atoms with Crippen LogP contribution in [0.2, 0.25) is 0 Å². The smallest absolute Gasteiger partial charge is 0.108 e. The van der Waals surface area contributed by atoms with E-state index in [1.54, 1.807) is 0 Å². The lowest BCUT2D eigenvalue weighted by atomic mass is 9.80.